The van der Waals surface area contributed by atoms with Crippen molar-refractivity contribution >= 4 is 23.4 Å². The lowest BCUT2D eigenvalue weighted by molar-refractivity contribution is -0.145. The summed E-state index contributed by atoms with van der Waals surface area (Å²) in [6.07, 6.45) is -0.879. The van der Waals surface area contributed by atoms with Crippen LogP contribution in [0.15, 0.2) is 84.9 Å². The minimum atomic E-state index is -2.02. The number of benzene rings is 3. The van der Waals surface area contributed by atoms with Crippen LogP contribution in [0, 0.1) is 11.8 Å². The van der Waals surface area contributed by atoms with Crippen molar-refractivity contribution in [2.45, 2.75) is 18.2 Å². The van der Waals surface area contributed by atoms with Crippen molar-refractivity contribution in [1.29, 1.82) is 0 Å². The Morgan fingerprint density at radius 2 is 1.24 bits per heavy atom. The zero-order valence-corrected chi connectivity index (χ0v) is 17.5. The van der Waals surface area contributed by atoms with Crippen molar-refractivity contribution < 1.29 is 23.9 Å². The van der Waals surface area contributed by atoms with E-state index in [9.17, 15) is 19.2 Å². The molecule has 2 heterocycles. The summed E-state index contributed by atoms with van der Waals surface area (Å²) in [4.78, 5) is 55.8. The number of likely N-dealkylation sites (tertiary alicyclic amines) is 1. The van der Waals surface area contributed by atoms with Crippen LogP contribution in [0.3, 0.4) is 0 Å². The molecule has 0 radical (unpaired) electrons. The fraction of sp³-hybridized carbons (Fsp3) is 0.185. The van der Waals surface area contributed by atoms with Crippen LogP contribution in [0.1, 0.15) is 37.9 Å². The highest BCUT2D eigenvalue weighted by atomic mass is 16.5. The van der Waals surface area contributed by atoms with Gasteiger partial charge in [-0.2, -0.15) is 0 Å². The summed E-state index contributed by atoms with van der Waals surface area (Å²) in [7, 11) is 0. The van der Waals surface area contributed by atoms with Gasteiger partial charge in [-0.05, 0) is 11.1 Å². The number of ketones is 2. The van der Waals surface area contributed by atoms with Crippen LogP contribution in [0.2, 0.25) is 0 Å². The van der Waals surface area contributed by atoms with Gasteiger partial charge < -0.3 is 4.74 Å². The molecule has 2 fully saturated rings. The fourth-order valence-electron chi connectivity index (χ4n) is 5.44. The van der Waals surface area contributed by atoms with Crippen molar-refractivity contribution in [3.8, 4) is 0 Å². The van der Waals surface area contributed by atoms with Crippen molar-refractivity contribution in [3.05, 3.63) is 107 Å². The van der Waals surface area contributed by atoms with Crippen molar-refractivity contribution in [2.75, 3.05) is 0 Å². The molecule has 162 valence electrons. The number of rotatable bonds is 3. The highest BCUT2D eigenvalue weighted by Crippen LogP contribution is 2.57. The van der Waals surface area contributed by atoms with Gasteiger partial charge in [0.15, 0.2) is 0 Å². The molecule has 2 aliphatic heterocycles. The van der Waals surface area contributed by atoms with E-state index in [-0.39, 0.29) is 17.7 Å². The van der Waals surface area contributed by atoms with Crippen LogP contribution in [0.5, 0.6) is 0 Å². The third-order valence-electron chi connectivity index (χ3n) is 6.92. The summed E-state index contributed by atoms with van der Waals surface area (Å²) in [6.45, 7) is 0.0818. The van der Waals surface area contributed by atoms with E-state index in [4.69, 9.17) is 4.74 Å². The molecule has 3 aromatic carbocycles. The predicted molar refractivity (Wildman–Crippen MR) is 117 cm³/mol. The second-order valence-corrected chi connectivity index (χ2v) is 8.64. The van der Waals surface area contributed by atoms with Crippen LogP contribution >= 0.6 is 0 Å². The Labute approximate surface area is 189 Å². The third kappa shape index (κ3) is 2.58. The van der Waals surface area contributed by atoms with E-state index < -0.39 is 46.9 Å². The molecule has 3 atom stereocenters. The molecule has 1 spiro atoms. The number of hydrogen-bond acceptors (Lipinski definition) is 5. The molecule has 3 aromatic rings. The monoisotopic (exact) mass is 437 g/mol. The van der Waals surface area contributed by atoms with Crippen molar-refractivity contribution in [3.63, 3.8) is 0 Å². The van der Waals surface area contributed by atoms with Crippen LogP contribution < -0.4 is 0 Å². The van der Waals surface area contributed by atoms with E-state index in [0.29, 0.717) is 5.56 Å². The molecule has 1 aliphatic carbocycles. The Kier molecular flexibility index (Phi) is 4.22. The summed E-state index contributed by atoms with van der Waals surface area (Å²) in [6, 6.07) is 24.7. The minimum Gasteiger partial charge on any atom is -0.349 e. The molecule has 2 amide bonds. The molecule has 2 saturated heterocycles. The van der Waals surface area contributed by atoms with Gasteiger partial charge in [-0.15, -0.1) is 0 Å². The second kappa shape index (κ2) is 7.05. The van der Waals surface area contributed by atoms with Gasteiger partial charge in [0.2, 0.25) is 29.0 Å². The Hall–Kier alpha value is -3.90. The topological polar surface area (TPSA) is 80.8 Å². The molecule has 0 N–H and O–H groups in total. The predicted octanol–water partition coefficient (Wildman–Crippen LogP) is 3.38. The molecule has 0 bridgehead atoms. The van der Waals surface area contributed by atoms with Gasteiger partial charge in [0.05, 0.1) is 24.5 Å². The van der Waals surface area contributed by atoms with Crippen molar-refractivity contribution in [2.24, 2.45) is 11.8 Å². The van der Waals surface area contributed by atoms with E-state index >= 15 is 0 Å². The van der Waals surface area contributed by atoms with Gasteiger partial charge in [-0.25, -0.2) is 0 Å². The van der Waals surface area contributed by atoms with Gasteiger partial charge in [0, 0.05) is 11.1 Å². The summed E-state index contributed by atoms with van der Waals surface area (Å²) >= 11 is 0. The van der Waals surface area contributed by atoms with Crippen LogP contribution in [-0.2, 0) is 20.9 Å². The smallest absolute Gasteiger partial charge is 0.237 e. The number of ether oxygens (including phenoxy) is 1. The average Bonchev–Trinajstić information content (AvgIpc) is 3.42. The second-order valence-electron chi connectivity index (χ2n) is 8.64. The molecular weight excluding hydrogens is 418 g/mol. The van der Waals surface area contributed by atoms with Gasteiger partial charge >= 0.3 is 0 Å². The minimum absolute atomic E-state index is 0.0818. The van der Waals surface area contributed by atoms with Gasteiger partial charge in [-0.3, -0.25) is 24.1 Å². The SMILES string of the molecule is O=C1[C@H]2[C@@H](c3ccccc3)OC3(C(=O)c4ccccc4C3=O)[C@H]2C(=O)N1Cc1ccccc1. The first kappa shape index (κ1) is 19.8. The van der Waals surface area contributed by atoms with Crippen LogP contribution in [0.25, 0.3) is 0 Å². The molecule has 0 saturated carbocycles. The van der Waals surface area contributed by atoms with Gasteiger partial charge in [-0.1, -0.05) is 84.9 Å². The lowest BCUT2D eigenvalue weighted by atomic mass is 9.77. The van der Waals surface area contributed by atoms with E-state index in [1.165, 1.54) is 4.90 Å². The standard InChI is InChI=1S/C27H19NO5/c29-23-18-13-7-8-14-19(18)24(30)27(23)21-20(22(33-27)17-11-5-2-6-12-17)25(31)28(26(21)32)15-16-9-3-1-4-10-16/h1-14,20-22H,15H2/t20-,21-,22-/m1/s1. The number of carbonyl (C=O) groups excluding carboxylic acids is 4. The first-order valence-electron chi connectivity index (χ1n) is 10.8. The maximum absolute atomic E-state index is 13.7. The van der Waals surface area contributed by atoms with Crippen LogP contribution in [0.4, 0.5) is 0 Å². The molecule has 6 nitrogen and oxygen atoms in total. The van der Waals surface area contributed by atoms with E-state index in [1.807, 2.05) is 36.4 Å². The lowest BCUT2D eigenvalue weighted by Gasteiger charge is -2.27. The first-order valence-corrected chi connectivity index (χ1v) is 10.8. The number of amides is 2. The van der Waals surface area contributed by atoms with Gasteiger partial charge in [0.25, 0.3) is 0 Å². The maximum atomic E-state index is 13.7. The first-order chi connectivity index (χ1) is 16.0. The summed E-state index contributed by atoms with van der Waals surface area (Å²) in [5.74, 6) is -4.20. The maximum Gasteiger partial charge on any atom is 0.237 e. The Morgan fingerprint density at radius 3 is 1.85 bits per heavy atom. The summed E-state index contributed by atoms with van der Waals surface area (Å²) in [5, 5.41) is 0. The third-order valence-corrected chi connectivity index (χ3v) is 6.92. The average molecular weight is 437 g/mol. The number of fused-ring (bicyclic) bond motifs is 3. The van der Waals surface area contributed by atoms with Gasteiger partial charge in [0.1, 0.15) is 0 Å². The molecular formula is C27H19NO5. The van der Waals surface area contributed by atoms with E-state index in [1.54, 1.807) is 48.5 Å². The Bertz CT molecular complexity index is 1280. The number of Topliss-reactive ketones (excluding diaryl/α,β-unsaturated/α-hetero) is 2. The Morgan fingerprint density at radius 1 is 0.697 bits per heavy atom. The number of imide groups is 1. The number of nitrogens with zero attached hydrogens (tertiary/aromatic N) is 1. The molecule has 6 rings (SSSR count). The number of carbonyl (C=O) groups is 4. The normalized spacial score (nSPS) is 25.1. The summed E-state index contributed by atoms with van der Waals surface area (Å²) in [5.41, 5.74) is -0.109. The highest BCUT2D eigenvalue weighted by molar-refractivity contribution is 6.35. The van der Waals surface area contributed by atoms with Crippen LogP contribution in [-0.4, -0.2) is 33.9 Å². The molecule has 0 unspecified atom stereocenters. The zero-order chi connectivity index (χ0) is 22.7. The molecule has 0 aromatic heterocycles. The lowest BCUT2D eigenvalue weighted by Crippen LogP contribution is -2.50. The highest BCUT2D eigenvalue weighted by Gasteiger charge is 2.74. The zero-order valence-electron chi connectivity index (χ0n) is 17.5. The van der Waals surface area contributed by atoms with E-state index in [2.05, 4.69) is 0 Å². The number of hydrogen-bond donors (Lipinski definition) is 0. The molecule has 3 aliphatic rings. The molecule has 33 heavy (non-hydrogen) atoms. The largest absolute Gasteiger partial charge is 0.349 e. The molecule has 6 heteroatoms. The van der Waals surface area contributed by atoms with E-state index in [0.717, 1.165) is 5.56 Å². The fourth-order valence-corrected chi connectivity index (χ4v) is 5.44. The van der Waals surface area contributed by atoms with Crippen molar-refractivity contribution in [1.82, 2.24) is 4.90 Å². The summed E-state index contributed by atoms with van der Waals surface area (Å²) < 4.78 is 6.24. The Balaban J connectivity index is 1.50. The quantitative estimate of drug-likeness (QED) is 0.464.